The molecule has 0 amide bonds. The summed E-state index contributed by atoms with van der Waals surface area (Å²) in [5.41, 5.74) is 0.936. The largest absolute Gasteiger partial charge is 0.460 e. The average Bonchev–Trinajstić information content (AvgIpc) is 2.74. The number of benzene rings is 1. The fourth-order valence-electron chi connectivity index (χ4n) is 1.70. The number of ether oxygens (including phenoxy) is 1. The third-order valence-electron chi connectivity index (χ3n) is 2.59. The Morgan fingerprint density at radius 3 is 2.81 bits per heavy atom. The molecule has 3 nitrogen and oxygen atoms in total. The molecule has 1 aliphatic heterocycles. The van der Waals surface area contributed by atoms with Gasteiger partial charge in [0.2, 0.25) is 0 Å². The van der Waals surface area contributed by atoms with Crippen molar-refractivity contribution in [2.24, 2.45) is 0 Å². The predicted octanol–water partition coefficient (Wildman–Crippen LogP) is 1.43. The molecule has 16 heavy (non-hydrogen) atoms. The molecule has 4 heteroatoms. The van der Waals surface area contributed by atoms with Crippen molar-refractivity contribution in [1.82, 2.24) is 5.32 Å². The molecule has 0 bridgehead atoms. The minimum absolute atomic E-state index is 0.216. The van der Waals surface area contributed by atoms with Gasteiger partial charge in [-0.05, 0) is 5.56 Å². The summed E-state index contributed by atoms with van der Waals surface area (Å²) < 4.78 is 17.9. The van der Waals surface area contributed by atoms with Crippen LogP contribution in [-0.2, 0) is 16.1 Å². The second-order valence-corrected chi connectivity index (χ2v) is 3.89. The van der Waals surface area contributed by atoms with Crippen LogP contribution in [0.5, 0.6) is 0 Å². The van der Waals surface area contributed by atoms with Crippen LogP contribution in [0.2, 0.25) is 0 Å². The first-order valence-electron chi connectivity index (χ1n) is 5.34. The first-order chi connectivity index (χ1) is 7.75. The molecule has 2 rings (SSSR count). The smallest absolute Gasteiger partial charge is 0.323 e. The molecule has 0 saturated carbocycles. The summed E-state index contributed by atoms with van der Waals surface area (Å²) in [6.45, 7) is 0.486. The van der Waals surface area contributed by atoms with Crippen LogP contribution in [-0.4, -0.2) is 24.7 Å². The number of nitrogens with one attached hydrogen (secondary N) is 1. The van der Waals surface area contributed by atoms with Gasteiger partial charge in [0, 0.05) is 13.0 Å². The number of rotatable bonds is 3. The number of esters is 1. The summed E-state index contributed by atoms with van der Waals surface area (Å²) in [7, 11) is 0. The maximum atomic E-state index is 12.8. The van der Waals surface area contributed by atoms with E-state index in [-0.39, 0.29) is 25.5 Å². The van der Waals surface area contributed by atoms with Gasteiger partial charge in [-0.15, -0.1) is 0 Å². The number of carbonyl (C=O) groups is 1. The summed E-state index contributed by atoms with van der Waals surface area (Å²) in [4.78, 5) is 11.5. The molecule has 86 valence electrons. The maximum Gasteiger partial charge on any atom is 0.323 e. The number of halogens is 1. The van der Waals surface area contributed by atoms with Crippen molar-refractivity contribution in [1.29, 1.82) is 0 Å². The van der Waals surface area contributed by atoms with Crippen molar-refractivity contribution in [2.45, 2.75) is 25.2 Å². The van der Waals surface area contributed by atoms with E-state index in [1.54, 1.807) is 0 Å². The monoisotopic (exact) mass is 223 g/mol. The number of carbonyl (C=O) groups excluding carboxylic acids is 1. The van der Waals surface area contributed by atoms with Crippen LogP contribution in [0.3, 0.4) is 0 Å². The second-order valence-electron chi connectivity index (χ2n) is 3.89. The highest BCUT2D eigenvalue weighted by Crippen LogP contribution is 2.12. The van der Waals surface area contributed by atoms with Crippen LogP contribution in [0, 0.1) is 0 Å². The first kappa shape index (κ1) is 11.1. The van der Waals surface area contributed by atoms with E-state index >= 15 is 0 Å². The standard InChI is InChI=1S/C12H14FNO2/c13-10-6-11(14-7-10)12(15)16-8-9-4-2-1-3-5-9/h1-5,10-11,14H,6-8H2/t10-,11-/m0/s1. The van der Waals surface area contributed by atoms with Gasteiger partial charge in [-0.25, -0.2) is 4.39 Å². The highest BCUT2D eigenvalue weighted by atomic mass is 19.1. The van der Waals surface area contributed by atoms with Gasteiger partial charge in [-0.2, -0.15) is 0 Å². The van der Waals surface area contributed by atoms with Crippen molar-refractivity contribution in [3.63, 3.8) is 0 Å². The van der Waals surface area contributed by atoms with E-state index in [4.69, 9.17) is 4.74 Å². The molecule has 0 unspecified atom stereocenters. The Kier molecular flexibility index (Phi) is 3.51. The van der Waals surface area contributed by atoms with Gasteiger partial charge in [0.05, 0.1) is 0 Å². The Morgan fingerprint density at radius 1 is 1.44 bits per heavy atom. The van der Waals surface area contributed by atoms with Crippen molar-refractivity contribution in [2.75, 3.05) is 6.54 Å². The lowest BCUT2D eigenvalue weighted by atomic mass is 10.2. The Bertz CT molecular complexity index is 355. The van der Waals surface area contributed by atoms with Crippen molar-refractivity contribution in [3.8, 4) is 0 Å². The quantitative estimate of drug-likeness (QED) is 0.788. The van der Waals surface area contributed by atoms with Crippen molar-refractivity contribution in [3.05, 3.63) is 35.9 Å². The summed E-state index contributed by atoms with van der Waals surface area (Å²) in [5.74, 6) is -0.371. The zero-order chi connectivity index (χ0) is 11.4. The van der Waals surface area contributed by atoms with Gasteiger partial charge in [0.25, 0.3) is 0 Å². The summed E-state index contributed by atoms with van der Waals surface area (Å²) in [5, 5.41) is 2.79. The molecule has 1 saturated heterocycles. The topological polar surface area (TPSA) is 38.3 Å². The van der Waals surface area contributed by atoms with E-state index in [2.05, 4.69) is 5.32 Å². The van der Waals surface area contributed by atoms with Gasteiger partial charge in [0.1, 0.15) is 18.8 Å². The minimum Gasteiger partial charge on any atom is -0.460 e. The average molecular weight is 223 g/mol. The van der Waals surface area contributed by atoms with Gasteiger partial charge in [0.15, 0.2) is 0 Å². The van der Waals surface area contributed by atoms with Crippen LogP contribution < -0.4 is 5.32 Å². The van der Waals surface area contributed by atoms with Crippen LogP contribution in [0.15, 0.2) is 30.3 Å². The molecule has 2 atom stereocenters. The molecule has 1 heterocycles. The molecule has 1 aliphatic rings. The first-order valence-corrected chi connectivity index (χ1v) is 5.34. The number of alkyl halides is 1. The van der Waals surface area contributed by atoms with Gasteiger partial charge >= 0.3 is 5.97 Å². The molecule has 0 spiro atoms. The summed E-state index contributed by atoms with van der Waals surface area (Å²) in [6, 6.07) is 8.94. The highest BCUT2D eigenvalue weighted by molar-refractivity contribution is 5.76. The van der Waals surface area contributed by atoms with Crippen molar-refractivity contribution >= 4 is 5.97 Å². The second kappa shape index (κ2) is 5.07. The SMILES string of the molecule is O=C(OCc1ccccc1)[C@@H]1C[C@H](F)CN1. The Hall–Kier alpha value is -1.42. The number of hydrogen-bond acceptors (Lipinski definition) is 3. The molecule has 0 aromatic heterocycles. The molecular formula is C12H14FNO2. The van der Waals surface area contributed by atoms with Crippen LogP contribution >= 0.6 is 0 Å². The normalized spacial score (nSPS) is 24.3. The third kappa shape index (κ3) is 2.79. The van der Waals surface area contributed by atoms with E-state index in [0.717, 1.165) is 5.56 Å². The Labute approximate surface area is 93.6 Å². The lowest BCUT2D eigenvalue weighted by Gasteiger charge is -2.09. The molecule has 1 N–H and O–H groups in total. The van der Waals surface area contributed by atoms with Crippen molar-refractivity contribution < 1.29 is 13.9 Å². The zero-order valence-electron chi connectivity index (χ0n) is 8.86. The van der Waals surface area contributed by atoms with E-state index in [1.807, 2.05) is 30.3 Å². The Balaban J connectivity index is 1.80. The minimum atomic E-state index is -0.936. The molecule has 1 aromatic rings. The lowest BCUT2D eigenvalue weighted by Crippen LogP contribution is -2.32. The van der Waals surface area contributed by atoms with Crippen LogP contribution in [0.4, 0.5) is 4.39 Å². The summed E-state index contributed by atoms with van der Waals surface area (Å²) in [6.07, 6.45) is -0.720. The van der Waals surface area contributed by atoms with E-state index in [9.17, 15) is 9.18 Å². The predicted molar refractivity (Wildman–Crippen MR) is 57.5 cm³/mol. The fraction of sp³-hybridized carbons (Fsp3) is 0.417. The highest BCUT2D eigenvalue weighted by Gasteiger charge is 2.30. The van der Waals surface area contributed by atoms with Gasteiger partial charge < -0.3 is 10.1 Å². The van der Waals surface area contributed by atoms with Gasteiger partial charge in [-0.3, -0.25) is 4.79 Å². The maximum absolute atomic E-state index is 12.8. The van der Waals surface area contributed by atoms with Crippen LogP contribution in [0.25, 0.3) is 0 Å². The molecule has 0 radical (unpaired) electrons. The molecule has 1 fully saturated rings. The van der Waals surface area contributed by atoms with Gasteiger partial charge in [-0.1, -0.05) is 30.3 Å². The van der Waals surface area contributed by atoms with E-state index in [0.29, 0.717) is 0 Å². The third-order valence-corrected chi connectivity index (χ3v) is 2.59. The number of hydrogen-bond donors (Lipinski definition) is 1. The zero-order valence-corrected chi connectivity index (χ0v) is 8.86. The van der Waals surface area contributed by atoms with Crippen LogP contribution in [0.1, 0.15) is 12.0 Å². The lowest BCUT2D eigenvalue weighted by molar-refractivity contribution is -0.147. The molecular weight excluding hydrogens is 209 g/mol. The fourth-order valence-corrected chi connectivity index (χ4v) is 1.70. The van der Waals surface area contributed by atoms with E-state index < -0.39 is 12.2 Å². The Morgan fingerprint density at radius 2 is 2.19 bits per heavy atom. The van der Waals surface area contributed by atoms with E-state index in [1.165, 1.54) is 0 Å². The molecule has 0 aliphatic carbocycles. The molecule has 1 aromatic carbocycles. The summed E-state index contributed by atoms with van der Waals surface area (Å²) >= 11 is 0.